The van der Waals surface area contributed by atoms with E-state index in [1.807, 2.05) is 42.5 Å². The van der Waals surface area contributed by atoms with E-state index in [1.165, 1.54) is 31.6 Å². The summed E-state index contributed by atoms with van der Waals surface area (Å²) in [5, 5.41) is 0. The van der Waals surface area contributed by atoms with E-state index in [1.54, 1.807) is 0 Å². The van der Waals surface area contributed by atoms with E-state index in [4.69, 9.17) is 4.74 Å². The standard InChI is InChI=1S/C24H23NO/c1-19(20-9-13-22(14-10-20)25-17-5-6-18-25)21-11-15-24(16-12-21)26-23-7-3-2-4-8-23/h2-4,7-16H,1,5-6,17-18H2. The molecular formula is C24H23NO. The van der Waals surface area contributed by atoms with Gasteiger partial charge in [-0.1, -0.05) is 49.0 Å². The normalized spacial score (nSPS) is 13.6. The summed E-state index contributed by atoms with van der Waals surface area (Å²) in [6.07, 6.45) is 2.59. The van der Waals surface area contributed by atoms with E-state index < -0.39 is 0 Å². The molecule has 0 N–H and O–H groups in total. The first kappa shape index (κ1) is 16.5. The Morgan fingerprint density at radius 2 is 1.23 bits per heavy atom. The van der Waals surface area contributed by atoms with E-state index in [2.05, 4.69) is 47.9 Å². The van der Waals surface area contributed by atoms with Crippen LogP contribution in [-0.4, -0.2) is 13.1 Å². The Morgan fingerprint density at radius 1 is 0.692 bits per heavy atom. The molecule has 130 valence electrons. The first-order valence-corrected chi connectivity index (χ1v) is 9.17. The minimum atomic E-state index is 0.831. The number of benzene rings is 3. The summed E-state index contributed by atoms with van der Waals surface area (Å²) in [4.78, 5) is 2.45. The van der Waals surface area contributed by atoms with Gasteiger partial charge in [0.05, 0.1) is 0 Å². The van der Waals surface area contributed by atoms with Gasteiger partial charge < -0.3 is 9.64 Å². The summed E-state index contributed by atoms with van der Waals surface area (Å²) < 4.78 is 5.86. The van der Waals surface area contributed by atoms with E-state index in [0.717, 1.165) is 28.2 Å². The fourth-order valence-electron chi connectivity index (χ4n) is 3.36. The molecule has 0 amide bonds. The largest absolute Gasteiger partial charge is 0.457 e. The number of hydrogen-bond acceptors (Lipinski definition) is 2. The van der Waals surface area contributed by atoms with Gasteiger partial charge in [0.2, 0.25) is 0 Å². The quantitative estimate of drug-likeness (QED) is 0.552. The molecule has 0 aliphatic carbocycles. The van der Waals surface area contributed by atoms with Crippen molar-refractivity contribution in [3.63, 3.8) is 0 Å². The molecule has 0 saturated carbocycles. The highest BCUT2D eigenvalue weighted by molar-refractivity contribution is 5.79. The van der Waals surface area contributed by atoms with Crippen LogP contribution in [0.5, 0.6) is 11.5 Å². The highest BCUT2D eigenvalue weighted by Crippen LogP contribution is 2.28. The van der Waals surface area contributed by atoms with Crippen molar-refractivity contribution in [2.24, 2.45) is 0 Å². The molecule has 3 aromatic carbocycles. The molecule has 2 heteroatoms. The number of hydrogen-bond donors (Lipinski definition) is 0. The summed E-state index contributed by atoms with van der Waals surface area (Å²) >= 11 is 0. The summed E-state index contributed by atoms with van der Waals surface area (Å²) in [6, 6.07) is 26.7. The Hall–Kier alpha value is -3.00. The predicted molar refractivity (Wildman–Crippen MR) is 109 cm³/mol. The molecule has 26 heavy (non-hydrogen) atoms. The van der Waals surface area contributed by atoms with Gasteiger partial charge >= 0.3 is 0 Å². The average Bonchev–Trinajstić information content (AvgIpc) is 3.24. The van der Waals surface area contributed by atoms with E-state index in [0.29, 0.717) is 0 Å². The summed E-state index contributed by atoms with van der Waals surface area (Å²) in [6.45, 7) is 6.62. The Bertz CT molecular complexity index is 860. The molecule has 0 radical (unpaired) electrons. The maximum atomic E-state index is 5.86. The van der Waals surface area contributed by atoms with Crippen LogP contribution in [0.4, 0.5) is 5.69 Å². The van der Waals surface area contributed by atoms with Crippen molar-refractivity contribution < 1.29 is 4.74 Å². The third kappa shape index (κ3) is 3.65. The molecule has 0 atom stereocenters. The Labute approximate surface area is 155 Å². The minimum Gasteiger partial charge on any atom is -0.457 e. The molecule has 0 aromatic heterocycles. The molecule has 1 aliphatic heterocycles. The second-order valence-electron chi connectivity index (χ2n) is 6.66. The van der Waals surface area contributed by atoms with Crippen LogP contribution in [0.1, 0.15) is 24.0 Å². The van der Waals surface area contributed by atoms with Crippen LogP contribution < -0.4 is 9.64 Å². The van der Waals surface area contributed by atoms with Crippen molar-refractivity contribution in [2.75, 3.05) is 18.0 Å². The van der Waals surface area contributed by atoms with Gasteiger partial charge in [0, 0.05) is 18.8 Å². The lowest BCUT2D eigenvalue weighted by molar-refractivity contribution is 0.482. The molecule has 4 rings (SSSR count). The summed E-state index contributed by atoms with van der Waals surface area (Å²) in [5.74, 6) is 1.67. The lowest BCUT2D eigenvalue weighted by atomic mass is 9.99. The molecule has 0 spiro atoms. The number of para-hydroxylation sites is 1. The van der Waals surface area contributed by atoms with Crippen molar-refractivity contribution in [2.45, 2.75) is 12.8 Å². The first-order valence-electron chi connectivity index (χ1n) is 9.17. The second kappa shape index (κ2) is 7.49. The molecule has 3 aromatic rings. The number of anilines is 1. The smallest absolute Gasteiger partial charge is 0.127 e. The van der Waals surface area contributed by atoms with Crippen LogP contribution in [0.2, 0.25) is 0 Å². The van der Waals surface area contributed by atoms with Gasteiger partial charge in [-0.25, -0.2) is 0 Å². The van der Waals surface area contributed by atoms with Gasteiger partial charge in [-0.2, -0.15) is 0 Å². The monoisotopic (exact) mass is 341 g/mol. The lowest BCUT2D eigenvalue weighted by Crippen LogP contribution is -2.17. The van der Waals surface area contributed by atoms with Crippen LogP contribution >= 0.6 is 0 Å². The molecule has 1 aliphatic rings. The molecule has 0 bridgehead atoms. The zero-order chi connectivity index (χ0) is 17.8. The number of rotatable bonds is 5. The molecule has 2 nitrogen and oxygen atoms in total. The average molecular weight is 341 g/mol. The molecule has 1 fully saturated rings. The van der Waals surface area contributed by atoms with Gasteiger partial charge in [0.15, 0.2) is 0 Å². The molecular weight excluding hydrogens is 318 g/mol. The minimum absolute atomic E-state index is 0.831. The third-order valence-corrected chi connectivity index (χ3v) is 4.87. The lowest BCUT2D eigenvalue weighted by Gasteiger charge is -2.18. The summed E-state index contributed by atoms with van der Waals surface area (Å²) in [7, 11) is 0. The van der Waals surface area contributed by atoms with Crippen LogP contribution in [0.25, 0.3) is 5.57 Å². The first-order chi connectivity index (χ1) is 12.8. The fraction of sp³-hybridized carbons (Fsp3) is 0.167. The zero-order valence-corrected chi connectivity index (χ0v) is 14.9. The summed E-state index contributed by atoms with van der Waals surface area (Å²) in [5.41, 5.74) is 4.61. The van der Waals surface area contributed by atoms with Gasteiger partial charge in [0.1, 0.15) is 11.5 Å². The molecule has 1 saturated heterocycles. The Kier molecular flexibility index (Phi) is 4.74. The van der Waals surface area contributed by atoms with Gasteiger partial charge in [0.25, 0.3) is 0 Å². The predicted octanol–water partition coefficient (Wildman–Crippen LogP) is 6.14. The number of nitrogens with zero attached hydrogens (tertiary/aromatic N) is 1. The van der Waals surface area contributed by atoms with Crippen LogP contribution in [0.3, 0.4) is 0 Å². The van der Waals surface area contributed by atoms with Crippen LogP contribution in [0.15, 0.2) is 85.4 Å². The van der Waals surface area contributed by atoms with Crippen molar-refractivity contribution in [1.29, 1.82) is 0 Å². The topological polar surface area (TPSA) is 12.5 Å². The third-order valence-electron chi connectivity index (χ3n) is 4.87. The van der Waals surface area contributed by atoms with Gasteiger partial charge in [-0.15, -0.1) is 0 Å². The Morgan fingerprint density at radius 3 is 1.85 bits per heavy atom. The maximum Gasteiger partial charge on any atom is 0.127 e. The zero-order valence-electron chi connectivity index (χ0n) is 14.9. The number of ether oxygens (including phenoxy) is 1. The van der Waals surface area contributed by atoms with Crippen molar-refractivity contribution in [3.8, 4) is 11.5 Å². The van der Waals surface area contributed by atoms with Gasteiger partial charge in [-0.3, -0.25) is 0 Å². The van der Waals surface area contributed by atoms with Crippen molar-refractivity contribution in [3.05, 3.63) is 96.6 Å². The van der Waals surface area contributed by atoms with Crippen LogP contribution in [-0.2, 0) is 0 Å². The Balaban J connectivity index is 1.45. The highest BCUT2D eigenvalue weighted by Gasteiger charge is 2.12. The van der Waals surface area contributed by atoms with Crippen LogP contribution in [0, 0.1) is 0 Å². The molecule has 1 heterocycles. The fourth-order valence-corrected chi connectivity index (χ4v) is 3.36. The SMILES string of the molecule is C=C(c1ccc(Oc2ccccc2)cc1)c1ccc(N2CCCC2)cc1. The molecule has 0 unspecified atom stereocenters. The van der Waals surface area contributed by atoms with E-state index >= 15 is 0 Å². The van der Waals surface area contributed by atoms with E-state index in [9.17, 15) is 0 Å². The van der Waals surface area contributed by atoms with E-state index in [-0.39, 0.29) is 0 Å². The maximum absolute atomic E-state index is 5.86. The van der Waals surface area contributed by atoms with Crippen molar-refractivity contribution >= 4 is 11.3 Å². The second-order valence-corrected chi connectivity index (χ2v) is 6.66. The van der Waals surface area contributed by atoms with Crippen molar-refractivity contribution in [1.82, 2.24) is 0 Å². The van der Waals surface area contributed by atoms with Gasteiger partial charge in [-0.05, 0) is 65.9 Å². The highest BCUT2D eigenvalue weighted by atomic mass is 16.5.